The molecule has 0 N–H and O–H groups in total. The predicted molar refractivity (Wildman–Crippen MR) is 130 cm³/mol. The number of para-hydroxylation sites is 1. The Bertz CT molecular complexity index is 1220. The molecule has 0 unspecified atom stereocenters. The Labute approximate surface area is 191 Å². The minimum absolute atomic E-state index is 0.126. The van der Waals surface area contributed by atoms with E-state index in [1.165, 1.54) is 39.9 Å². The van der Waals surface area contributed by atoms with Crippen LogP contribution >= 0.6 is 23.1 Å². The highest BCUT2D eigenvalue weighted by Gasteiger charge is 2.38. The second-order valence-electron chi connectivity index (χ2n) is 8.95. The molecule has 0 saturated heterocycles. The molecular weight excluding hydrogens is 422 g/mol. The summed E-state index contributed by atoms with van der Waals surface area (Å²) in [5, 5.41) is 2.16. The third kappa shape index (κ3) is 3.50. The fourth-order valence-corrected chi connectivity index (χ4v) is 7.22. The van der Waals surface area contributed by atoms with E-state index in [0.717, 1.165) is 34.2 Å². The van der Waals surface area contributed by atoms with Crippen molar-refractivity contribution in [2.75, 3.05) is 17.7 Å². The monoisotopic (exact) mass is 449 g/mol. The summed E-state index contributed by atoms with van der Waals surface area (Å²) < 4.78 is 0. The zero-order chi connectivity index (χ0) is 21.8. The molecule has 0 bridgehead atoms. The van der Waals surface area contributed by atoms with Crippen LogP contribution in [0, 0.1) is 6.92 Å². The number of allylic oxidation sites excluding steroid dienone is 2. The van der Waals surface area contributed by atoms with Crippen LogP contribution in [0.1, 0.15) is 48.5 Å². The second-order valence-corrected chi connectivity index (χ2v) is 11.0. The van der Waals surface area contributed by atoms with E-state index in [1.807, 2.05) is 24.3 Å². The summed E-state index contributed by atoms with van der Waals surface area (Å²) in [6.45, 7) is 6.33. The largest absolute Gasteiger partial charge is 0.347 e. The van der Waals surface area contributed by atoms with Crippen LogP contribution in [0.25, 0.3) is 10.2 Å². The van der Waals surface area contributed by atoms with Crippen LogP contribution < -0.4 is 4.90 Å². The molecule has 0 saturated carbocycles. The van der Waals surface area contributed by atoms with E-state index in [-0.39, 0.29) is 11.2 Å². The molecule has 2 aromatic heterocycles. The number of ketones is 1. The van der Waals surface area contributed by atoms with E-state index in [2.05, 4.69) is 50.1 Å². The molecule has 0 spiro atoms. The Kier molecular flexibility index (Phi) is 5.18. The van der Waals surface area contributed by atoms with E-state index >= 15 is 0 Å². The van der Waals surface area contributed by atoms with E-state index in [9.17, 15) is 4.79 Å². The fourth-order valence-electron chi connectivity index (χ4n) is 4.92. The third-order valence-electron chi connectivity index (χ3n) is 6.48. The van der Waals surface area contributed by atoms with Gasteiger partial charge in [-0.2, -0.15) is 0 Å². The van der Waals surface area contributed by atoms with Gasteiger partial charge in [0.1, 0.15) is 15.7 Å². The van der Waals surface area contributed by atoms with Gasteiger partial charge < -0.3 is 4.90 Å². The van der Waals surface area contributed by atoms with E-state index < -0.39 is 0 Å². The van der Waals surface area contributed by atoms with Crippen LogP contribution in [0.15, 0.2) is 41.1 Å². The number of hydrogen-bond donors (Lipinski definition) is 0. The minimum atomic E-state index is -0.184. The molecule has 2 aliphatic rings. The van der Waals surface area contributed by atoms with Crippen LogP contribution in [0.2, 0.25) is 0 Å². The number of nitrogens with zero attached hydrogens (tertiary/aromatic N) is 3. The van der Waals surface area contributed by atoms with Gasteiger partial charge in [-0.3, -0.25) is 4.79 Å². The smallest absolute Gasteiger partial charge is 0.167 e. The first-order chi connectivity index (χ1) is 14.9. The van der Waals surface area contributed by atoms with Crippen molar-refractivity contribution < 1.29 is 4.79 Å². The van der Waals surface area contributed by atoms with Crippen LogP contribution in [0.3, 0.4) is 0 Å². The second kappa shape index (κ2) is 7.75. The van der Waals surface area contributed by atoms with Gasteiger partial charge in [0.25, 0.3) is 0 Å². The minimum Gasteiger partial charge on any atom is -0.347 e. The summed E-state index contributed by atoms with van der Waals surface area (Å²) in [6, 6.07) is 8.40. The van der Waals surface area contributed by atoms with Gasteiger partial charge >= 0.3 is 0 Å². The topological polar surface area (TPSA) is 46.1 Å². The van der Waals surface area contributed by atoms with Crippen LogP contribution in [0.5, 0.6) is 0 Å². The first-order valence-corrected chi connectivity index (χ1v) is 12.7. The third-order valence-corrected chi connectivity index (χ3v) is 8.67. The normalized spacial score (nSPS) is 18.5. The van der Waals surface area contributed by atoms with Crippen molar-refractivity contribution in [3.05, 3.63) is 57.9 Å². The Morgan fingerprint density at radius 2 is 2.00 bits per heavy atom. The molecule has 1 aliphatic heterocycles. The number of thiophene rings is 1. The quantitative estimate of drug-likeness (QED) is 0.284. The summed E-state index contributed by atoms with van der Waals surface area (Å²) in [4.78, 5) is 27.2. The molecule has 1 aliphatic carbocycles. The van der Waals surface area contributed by atoms with E-state index in [4.69, 9.17) is 9.97 Å². The molecule has 3 heterocycles. The van der Waals surface area contributed by atoms with Crippen molar-refractivity contribution in [1.82, 2.24) is 9.97 Å². The van der Waals surface area contributed by atoms with E-state index in [0.29, 0.717) is 5.75 Å². The van der Waals surface area contributed by atoms with Crippen molar-refractivity contribution in [2.45, 2.75) is 56.9 Å². The number of rotatable bonds is 4. The first kappa shape index (κ1) is 20.7. The standard InChI is InChI=1S/C25H27N3OS2/c1-15-26-23(22-17-9-5-8-12-20(17)31-24(22)27-15)30-14-16(29)13-21-25(2,3)18-10-6-7-11-19(18)28(21)4/h6-7,10-11,13H,5,8-9,12,14H2,1-4H3. The molecule has 0 atom stereocenters. The number of carbonyl (C=O) groups is 1. The van der Waals surface area contributed by atoms with Gasteiger partial charge in [0.2, 0.25) is 0 Å². The number of hydrogen-bond acceptors (Lipinski definition) is 6. The predicted octanol–water partition coefficient (Wildman–Crippen LogP) is 5.85. The molecule has 160 valence electrons. The maximum Gasteiger partial charge on any atom is 0.167 e. The molecule has 5 rings (SSSR count). The van der Waals surface area contributed by atoms with Crippen molar-refractivity contribution in [1.29, 1.82) is 0 Å². The van der Waals surface area contributed by atoms with Gasteiger partial charge in [0.05, 0.1) is 5.75 Å². The van der Waals surface area contributed by atoms with Crippen molar-refractivity contribution >= 4 is 44.8 Å². The summed E-state index contributed by atoms with van der Waals surface area (Å²) in [6.07, 6.45) is 6.56. The highest BCUT2D eigenvalue weighted by Crippen LogP contribution is 2.46. The molecule has 6 heteroatoms. The molecular formula is C25H27N3OS2. The Hall–Kier alpha value is -2.18. The number of carbonyl (C=O) groups excluding carboxylic acids is 1. The maximum atomic E-state index is 13.0. The molecule has 0 amide bonds. The molecule has 0 fully saturated rings. The lowest BCUT2D eigenvalue weighted by atomic mass is 9.83. The number of benzene rings is 1. The zero-order valence-electron chi connectivity index (χ0n) is 18.5. The van der Waals surface area contributed by atoms with Crippen molar-refractivity contribution in [3.63, 3.8) is 0 Å². The average molecular weight is 450 g/mol. The number of thioether (sulfide) groups is 1. The highest BCUT2D eigenvalue weighted by molar-refractivity contribution is 8.00. The number of aryl methyl sites for hydroxylation is 3. The van der Waals surface area contributed by atoms with Gasteiger partial charge in [-0.1, -0.05) is 43.8 Å². The highest BCUT2D eigenvalue weighted by atomic mass is 32.2. The molecule has 3 aromatic rings. The summed E-state index contributed by atoms with van der Waals surface area (Å²) in [7, 11) is 2.05. The Morgan fingerprint density at radius 1 is 1.23 bits per heavy atom. The maximum absolute atomic E-state index is 13.0. The lowest BCUT2D eigenvalue weighted by Gasteiger charge is -2.23. The average Bonchev–Trinajstić information content (AvgIpc) is 3.21. The lowest BCUT2D eigenvalue weighted by molar-refractivity contribution is -0.112. The Balaban J connectivity index is 1.42. The number of aromatic nitrogens is 2. The van der Waals surface area contributed by atoms with Gasteiger partial charge in [0, 0.05) is 40.2 Å². The number of likely N-dealkylation sites (N-methyl/N-ethyl adjacent to an activating group) is 1. The van der Waals surface area contributed by atoms with Crippen molar-refractivity contribution in [2.24, 2.45) is 0 Å². The first-order valence-electron chi connectivity index (χ1n) is 10.9. The lowest BCUT2D eigenvalue weighted by Crippen LogP contribution is -2.24. The molecule has 31 heavy (non-hydrogen) atoms. The van der Waals surface area contributed by atoms with Gasteiger partial charge in [-0.05, 0) is 49.8 Å². The van der Waals surface area contributed by atoms with Gasteiger partial charge in [-0.15, -0.1) is 11.3 Å². The number of fused-ring (bicyclic) bond motifs is 4. The fraction of sp³-hybridized carbons (Fsp3) is 0.400. The van der Waals surface area contributed by atoms with E-state index in [1.54, 1.807) is 11.8 Å². The Morgan fingerprint density at radius 3 is 2.81 bits per heavy atom. The number of anilines is 1. The SMILES string of the molecule is Cc1nc(SCC(=O)C=C2N(C)c3ccccc3C2(C)C)c2c3c(sc2n1)CCCC3. The summed E-state index contributed by atoms with van der Waals surface area (Å²) in [5.41, 5.74) is 4.74. The van der Waals surface area contributed by atoms with Gasteiger partial charge in [0.15, 0.2) is 5.78 Å². The van der Waals surface area contributed by atoms with Crippen LogP contribution in [0.4, 0.5) is 5.69 Å². The summed E-state index contributed by atoms with van der Waals surface area (Å²) in [5.74, 6) is 1.30. The molecule has 4 nitrogen and oxygen atoms in total. The zero-order valence-corrected chi connectivity index (χ0v) is 20.1. The van der Waals surface area contributed by atoms with Crippen molar-refractivity contribution in [3.8, 4) is 0 Å². The van der Waals surface area contributed by atoms with Crippen LogP contribution in [-0.2, 0) is 23.1 Å². The molecule has 0 radical (unpaired) electrons. The van der Waals surface area contributed by atoms with Gasteiger partial charge in [-0.25, -0.2) is 9.97 Å². The molecule has 1 aromatic carbocycles. The summed E-state index contributed by atoms with van der Waals surface area (Å²) >= 11 is 3.37. The van der Waals surface area contributed by atoms with Crippen LogP contribution in [-0.4, -0.2) is 28.6 Å².